The molecule has 7 heteroatoms. The summed E-state index contributed by atoms with van der Waals surface area (Å²) in [4.78, 5) is 28.7. The smallest absolute Gasteiger partial charge is 0.231 e. The van der Waals surface area contributed by atoms with Gasteiger partial charge in [0, 0.05) is 12.1 Å². The second-order valence-electron chi connectivity index (χ2n) is 7.34. The molecule has 0 saturated heterocycles. The van der Waals surface area contributed by atoms with Crippen LogP contribution in [0.4, 0.5) is 0 Å². The van der Waals surface area contributed by atoms with Gasteiger partial charge in [-0.3, -0.25) is 9.59 Å². The van der Waals surface area contributed by atoms with Crippen LogP contribution in [0.15, 0.2) is 24.3 Å². The van der Waals surface area contributed by atoms with Gasteiger partial charge in [-0.2, -0.15) is 0 Å². The fourth-order valence-corrected chi connectivity index (χ4v) is 3.89. The zero-order valence-electron chi connectivity index (χ0n) is 16.9. The quantitative estimate of drug-likeness (QED) is 0.694. The van der Waals surface area contributed by atoms with E-state index in [0.29, 0.717) is 46.1 Å². The molecular formula is C22H23NO6. The maximum Gasteiger partial charge on any atom is 0.231 e. The van der Waals surface area contributed by atoms with E-state index >= 15 is 0 Å². The molecule has 7 nitrogen and oxygen atoms in total. The largest absolute Gasteiger partial charge is 0.493 e. The van der Waals surface area contributed by atoms with E-state index in [-0.39, 0.29) is 18.4 Å². The first-order chi connectivity index (χ1) is 14.0. The fourth-order valence-electron chi connectivity index (χ4n) is 3.89. The highest BCUT2D eigenvalue weighted by Crippen LogP contribution is 2.47. The summed E-state index contributed by atoms with van der Waals surface area (Å²) < 4.78 is 21.7. The number of likely N-dealkylation sites (N-methyl/N-ethyl adjacent to an activating group) is 1. The molecule has 0 fully saturated rings. The molecule has 0 amide bonds. The highest BCUT2D eigenvalue weighted by atomic mass is 16.7. The number of methoxy groups -OCH3 is 2. The summed E-state index contributed by atoms with van der Waals surface area (Å²) in [6, 6.07) is 6.92. The van der Waals surface area contributed by atoms with E-state index in [0.717, 1.165) is 12.1 Å². The Balaban J connectivity index is 1.83. The SMILES string of the molecule is COc1cc(CCN(C)C)c(C2C(=O)c3ccc4c(c3C2=O)OCO4)cc1OC. The Hall–Kier alpha value is -3.06. The van der Waals surface area contributed by atoms with Gasteiger partial charge in [0.1, 0.15) is 5.92 Å². The maximum absolute atomic E-state index is 13.4. The number of Topliss-reactive ketones (excluding diaryl/α,β-unsaturated/α-hetero) is 2. The third kappa shape index (κ3) is 3.11. The van der Waals surface area contributed by atoms with Crippen molar-refractivity contribution in [2.45, 2.75) is 12.3 Å². The van der Waals surface area contributed by atoms with Crippen LogP contribution in [0.3, 0.4) is 0 Å². The average Bonchev–Trinajstić information content (AvgIpc) is 3.28. The van der Waals surface area contributed by atoms with Crippen LogP contribution in [-0.4, -0.2) is 58.1 Å². The lowest BCUT2D eigenvalue weighted by atomic mass is 9.88. The molecule has 2 aromatic rings. The fraction of sp³-hybridized carbons (Fsp3) is 0.364. The van der Waals surface area contributed by atoms with Crippen molar-refractivity contribution in [3.05, 3.63) is 46.5 Å². The third-order valence-corrected chi connectivity index (χ3v) is 5.36. The maximum atomic E-state index is 13.4. The minimum atomic E-state index is -0.933. The molecule has 1 atom stereocenters. The summed E-state index contributed by atoms with van der Waals surface area (Å²) in [6.45, 7) is 0.805. The molecule has 4 rings (SSSR count). The highest BCUT2D eigenvalue weighted by molar-refractivity contribution is 6.31. The van der Waals surface area contributed by atoms with Crippen LogP contribution in [0.5, 0.6) is 23.0 Å². The topological polar surface area (TPSA) is 74.3 Å². The monoisotopic (exact) mass is 397 g/mol. The first-order valence-electron chi connectivity index (χ1n) is 9.36. The standard InChI is InChI=1S/C22H23NO6/c1-23(2)8-7-12-9-16(26-3)17(27-4)10-14(12)18-20(24)13-5-6-15-22(29-11-28-15)19(13)21(18)25/h5-6,9-10,18H,7-8,11H2,1-4H3. The van der Waals surface area contributed by atoms with E-state index < -0.39 is 5.92 Å². The number of fused-ring (bicyclic) bond motifs is 3. The normalized spacial score (nSPS) is 17.1. The lowest BCUT2D eigenvalue weighted by molar-refractivity contribution is 0.0888. The Morgan fingerprint density at radius 2 is 1.76 bits per heavy atom. The number of hydrogen-bond acceptors (Lipinski definition) is 7. The molecule has 1 aliphatic heterocycles. The van der Waals surface area contributed by atoms with Crippen LogP contribution in [-0.2, 0) is 6.42 Å². The first-order valence-corrected chi connectivity index (χ1v) is 9.36. The minimum absolute atomic E-state index is 0.0440. The molecule has 2 aliphatic rings. The van der Waals surface area contributed by atoms with Gasteiger partial charge < -0.3 is 23.8 Å². The van der Waals surface area contributed by atoms with Crippen LogP contribution in [0.25, 0.3) is 0 Å². The number of hydrogen-bond donors (Lipinski definition) is 0. The van der Waals surface area contributed by atoms with Crippen LogP contribution < -0.4 is 18.9 Å². The van der Waals surface area contributed by atoms with Crippen molar-refractivity contribution >= 4 is 11.6 Å². The van der Waals surface area contributed by atoms with Gasteiger partial charge in [0.05, 0.1) is 19.8 Å². The third-order valence-electron chi connectivity index (χ3n) is 5.36. The number of ketones is 2. The number of nitrogens with zero attached hydrogens (tertiary/aromatic N) is 1. The molecule has 2 aromatic carbocycles. The van der Waals surface area contributed by atoms with E-state index in [9.17, 15) is 9.59 Å². The molecule has 0 bridgehead atoms. The Labute approximate surface area is 169 Å². The van der Waals surface area contributed by atoms with Gasteiger partial charge in [0.2, 0.25) is 6.79 Å². The molecule has 29 heavy (non-hydrogen) atoms. The molecular weight excluding hydrogens is 374 g/mol. The van der Waals surface area contributed by atoms with Gasteiger partial charge >= 0.3 is 0 Å². The van der Waals surface area contributed by atoms with Gasteiger partial charge in [-0.1, -0.05) is 0 Å². The van der Waals surface area contributed by atoms with Crippen molar-refractivity contribution in [3.63, 3.8) is 0 Å². The van der Waals surface area contributed by atoms with Crippen LogP contribution in [0.1, 0.15) is 37.8 Å². The van der Waals surface area contributed by atoms with E-state index in [1.54, 1.807) is 25.3 Å². The molecule has 0 N–H and O–H groups in total. The van der Waals surface area contributed by atoms with Crippen molar-refractivity contribution in [2.75, 3.05) is 41.7 Å². The second kappa shape index (κ2) is 7.40. The molecule has 152 valence electrons. The van der Waals surface area contributed by atoms with E-state index in [1.165, 1.54) is 7.11 Å². The van der Waals surface area contributed by atoms with Gasteiger partial charge in [-0.15, -0.1) is 0 Å². The first kappa shape index (κ1) is 19.3. The Bertz CT molecular complexity index is 997. The zero-order chi connectivity index (χ0) is 20.7. The summed E-state index contributed by atoms with van der Waals surface area (Å²) in [7, 11) is 7.05. The summed E-state index contributed by atoms with van der Waals surface area (Å²) in [5.41, 5.74) is 2.20. The predicted octanol–water partition coefficient (Wildman–Crippen LogP) is 2.70. The van der Waals surface area contributed by atoms with Crippen LogP contribution in [0.2, 0.25) is 0 Å². The summed E-state index contributed by atoms with van der Waals surface area (Å²) in [5.74, 6) is 0.463. The lowest BCUT2D eigenvalue weighted by Gasteiger charge is -2.19. The summed E-state index contributed by atoms with van der Waals surface area (Å²) in [5, 5.41) is 0. The minimum Gasteiger partial charge on any atom is -0.493 e. The summed E-state index contributed by atoms with van der Waals surface area (Å²) in [6.07, 6.45) is 0.661. The lowest BCUT2D eigenvalue weighted by Crippen LogP contribution is -2.19. The van der Waals surface area contributed by atoms with Gasteiger partial charge in [0.15, 0.2) is 34.6 Å². The molecule has 1 unspecified atom stereocenters. The summed E-state index contributed by atoms with van der Waals surface area (Å²) >= 11 is 0. The molecule has 0 aromatic heterocycles. The number of carbonyl (C=O) groups is 2. The number of ether oxygens (including phenoxy) is 4. The van der Waals surface area contributed by atoms with Crippen LogP contribution >= 0.6 is 0 Å². The molecule has 0 radical (unpaired) electrons. The molecule has 1 heterocycles. The van der Waals surface area contributed by atoms with Gasteiger partial charge in [0.25, 0.3) is 0 Å². The number of benzene rings is 2. The van der Waals surface area contributed by atoms with Crippen molar-refractivity contribution in [3.8, 4) is 23.0 Å². The van der Waals surface area contributed by atoms with Crippen molar-refractivity contribution < 1.29 is 28.5 Å². The van der Waals surface area contributed by atoms with Crippen molar-refractivity contribution in [1.29, 1.82) is 0 Å². The highest BCUT2D eigenvalue weighted by Gasteiger charge is 2.44. The van der Waals surface area contributed by atoms with Crippen molar-refractivity contribution in [1.82, 2.24) is 4.90 Å². The Morgan fingerprint density at radius 3 is 2.45 bits per heavy atom. The molecule has 0 saturated carbocycles. The van der Waals surface area contributed by atoms with E-state index in [4.69, 9.17) is 18.9 Å². The van der Waals surface area contributed by atoms with E-state index in [2.05, 4.69) is 0 Å². The second-order valence-corrected chi connectivity index (χ2v) is 7.34. The number of carbonyl (C=O) groups excluding carboxylic acids is 2. The van der Waals surface area contributed by atoms with E-state index in [1.807, 2.05) is 25.1 Å². The Morgan fingerprint density at radius 1 is 1.03 bits per heavy atom. The van der Waals surface area contributed by atoms with Gasteiger partial charge in [-0.25, -0.2) is 0 Å². The molecule has 1 aliphatic carbocycles. The zero-order valence-corrected chi connectivity index (χ0v) is 16.9. The predicted molar refractivity (Wildman–Crippen MR) is 106 cm³/mol. The van der Waals surface area contributed by atoms with Crippen LogP contribution in [0, 0.1) is 0 Å². The van der Waals surface area contributed by atoms with Crippen molar-refractivity contribution in [2.24, 2.45) is 0 Å². The number of rotatable bonds is 6. The van der Waals surface area contributed by atoms with Gasteiger partial charge in [-0.05, 0) is 55.9 Å². The molecule has 0 spiro atoms. The average molecular weight is 397 g/mol. The Kier molecular flexibility index (Phi) is 4.92.